The van der Waals surface area contributed by atoms with E-state index in [4.69, 9.17) is 0 Å². The van der Waals surface area contributed by atoms with Crippen molar-refractivity contribution in [3.63, 3.8) is 0 Å². The van der Waals surface area contributed by atoms with Crippen molar-refractivity contribution in [1.29, 1.82) is 0 Å². The third-order valence-corrected chi connectivity index (χ3v) is 2.66. The number of rotatable bonds is 3. The minimum atomic E-state index is -0.172. The predicted molar refractivity (Wildman–Crippen MR) is 62.2 cm³/mol. The van der Waals surface area contributed by atoms with E-state index in [0.29, 0.717) is 18.0 Å². The molecule has 1 aromatic heterocycles. The Morgan fingerprint density at radius 3 is 3.12 bits per heavy atom. The standard InChI is InChI=1S/C12H14N2O2/c15-11-5-6-13-8-10(11)14-12(16)7-9-3-1-2-4-9/h1,3,5-6,8-9H,2,4,7H2,(H,13,15)(H,14,16). The molecule has 16 heavy (non-hydrogen) atoms. The molecule has 1 amide bonds. The van der Waals surface area contributed by atoms with E-state index in [1.54, 1.807) is 0 Å². The summed E-state index contributed by atoms with van der Waals surface area (Å²) in [5.41, 5.74) is 0.142. The van der Waals surface area contributed by atoms with Crippen LogP contribution in [0.25, 0.3) is 0 Å². The van der Waals surface area contributed by atoms with E-state index in [9.17, 15) is 9.59 Å². The Morgan fingerprint density at radius 2 is 2.44 bits per heavy atom. The molecular weight excluding hydrogens is 204 g/mol. The summed E-state index contributed by atoms with van der Waals surface area (Å²) in [6.07, 6.45) is 9.72. The van der Waals surface area contributed by atoms with Crippen molar-refractivity contribution in [2.45, 2.75) is 19.3 Å². The third-order valence-electron chi connectivity index (χ3n) is 2.66. The fourth-order valence-corrected chi connectivity index (χ4v) is 1.82. The minimum absolute atomic E-state index is 0.103. The lowest BCUT2D eigenvalue weighted by atomic mass is 10.1. The van der Waals surface area contributed by atoms with Crippen molar-refractivity contribution in [3.8, 4) is 0 Å². The molecule has 2 rings (SSSR count). The van der Waals surface area contributed by atoms with Crippen LogP contribution in [-0.2, 0) is 4.79 Å². The number of anilines is 1. The van der Waals surface area contributed by atoms with Gasteiger partial charge in [-0.3, -0.25) is 9.59 Å². The van der Waals surface area contributed by atoms with Gasteiger partial charge in [0.05, 0.1) is 0 Å². The molecule has 1 aliphatic carbocycles. The molecule has 0 saturated carbocycles. The number of H-pyrrole nitrogens is 1. The Labute approximate surface area is 93.4 Å². The fourth-order valence-electron chi connectivity index (χ4n) is 1.82. The number of pyridine rings is 1. The maximum Gasteiger partial charge on any atom is 0.225 e. The molecule has 0 aromatic carbocycles. The van der Waals surface area contributed by atoms with Gasteiger partial charge in [-0.2, -0.15) is 0 Å². The molecule has 0 saturated heterocycles. The molecule has 0 bridgehead atoms. The lowest BCUT2D eigenvalue weighted by molar-refractivity contribution is -0.116. The summed E-state index contributed by atoms with van der Waals surface area (Å²) in [4.78, 5) is 25.7. The molecule has 1 aromatic rings. The van der Waals surface area contributed by atoms with Crippen LogP contribution in [0.3, 0.4) is 0 Å². The first-order valence-electron chi connectivity index (χ1n) is 5.39. The number of hydrogen-bond donors (Lipinski definition) is 2. The Bertz CT molecular complexity index is 462. The second-order valence-electron chi connectivity index (χ2n) is 3.94. The zero-order valence-electron chi connectivity index (χ0n) is 8.90. The number of hydrogen-bond acceptors (Lipinski definition) is 2. The molecule has 4 heteroatoms. The molecule has 84 valence electrons. The smallest absolute Gasteiger partial charge is 0.225 e. The van der Waals surface area contributed by atoms with Crippen LogP contribution in [-0.4, -0.2) is 10.9 Å². The van der Waals surface area contributed by atoms with Crippen molar-refractivity contribution in [1.82, 2.24) is 4.98 Å². The highest BCUT2D eigenvalue weighted by Crippen LogP contribution is 2.20. The van der Waals surface area contributed by atoms with Gasteiger partial charge in [-0.15, -0.1) is 0 Å². The maximum atomic E-state index is 11.6. The van der Waals surface area contributed by atoms with E-state index < -0.39 is 0 Å². The van der Waals surface area contributed by atoms with Gasteiger partial charge in [-0.05, 0) is 18.8 Å². The first-order valence-corrected chi connectivity index (χ1v) is 5.39. The molecule has 1 aliphatic rings. The van der Waals surface area contributed by atoms with Crippen molar-refractivity contribution in [2.75, 3.05) is 5.32 Å². The number of aromatic amines is 1. The van der Waals surface area contributed by atoms with Gasteiger partial charge in [0, 0.05) is 24.9 Å². The van der Waals surface area contributed by atoms with Gasteiger partial charge >= 0.3 is 0 Å². The predicted octanol–water partition coefficient (Wildman–Crippen LogP) is 1.67. The minimum Gasteiger partial charge on any atom is -0.366 e. The van der Waals surface area contributed by atoms with E-state index in [0.717, 1.165) is 12.8 Å². The summed E-state index contributed by atoms with van der Waals surface area (Å²) >= 11 is 0. The van der Waals surface area contributed by atoms with Gasteiger partial charge in [0.2, 0.25) is 11.3 Å². The molecule has 1 unspecified atom stereocenters. The highest BCUT2D eigenvalue weighted by molar-refractivity contribution is 5.90. The first-order chi connectivity index (χ1) is 7.75. The molecule has 0 radical (unpaired) electrons. The molecule has 2 N–H and O–H groups in total. The second kappa shape index (κ2) is 4.79. The quantitative estimate of drug-likeness (QED) is 0.758. The van der Waals surface area contributed by atoms with Crippen LogP contribution < -0.4 is 10.7 Å². The molecule has 0 aliphatic heterocycles. The Morgan fingerprint density at radius 1 is 1.56 bits per heavy atom. The maximum absolute atomic E-state index is 11.6. The van der Waals surface area contributed by atoms with Gasteiger partial charge in [0.1, 0.15) is 5.69 Å². The number of nitrogens with one attached hydrogen (secondary N) is 2. The van der Waals surface area contributed by atoms with Crippen LogP contribution in [0.4, 0.5) is 5.69 Å². The van der Waals surface area contributed by atoms with E-state index in [-0.39, 0.29) is 11.3 Å². The first kappa shape index (κ1) is 10.7. The second-order valence-corrected chi connectivity index (χ2v) is 3.94. The van der Waals surface area contributed by atoms with Crippen molar-refractivity contribution in [2.24, 2.45) is 5.92 Å². The summed E-state index contributed by atoms with van der Waals surface area (Å²) in [7, 11) is 0. The average molecular weight is 218 g/mol. The molecule has 1 heterocycles. The number of carbonyl (C=O) groups excluding carboxylic acids is 1. The van der Waals surface area contributed by atoms with Gasteiger partial charge in [0.25, 0.3) is 0 Å². The number of allylic oxidation sites excluding steroid dienone is 2. The molecular formula is C12H14N2O2. The molecule has 0 spiro atoms. The summed E-state index contributed by atoms with van der Waals surface area (Å²) in [6.45, 7) is 0. The zero-order chi connectivity index (χ0) is 11.4. The number of amides is 1. The van der Waals surface area contributed by atoms with Gasteiger partial charge in [0.15, 0.2) is 0 Å². The fraction of sp³-hybridized carbons (Fsp3) is 0.333. The van der Waals surface area contributed by atoms with Crippen LogP contribution in [0.5, 0.6) is 0 Å². The van der Waals surface area contributed by atoms with Gasteiger partial charge in [-0.1, -0.05) is 12.2 Å². The van der Waals surface area contributed by atoms with E-state index >= 15 is 0 Å². The third kappa shape index (κ3) is 2.59. The summed E-state index contributed by atoms with van der Waals surface area (Å²) in [6, 6.07) is 1.39. The van der Waals surface area contributed by atoms with Crippen molar-refractivity contribution in [3.05, 3.63) is 40.8 Å². The highest BCUT2D eigenvalue weighted by Gasteiger charge is 2.14. The monoisotopic (exact) mass is 218 g/mol. The van der Waals surface area contributed by atoms with Crippen LogP contribution in [0.15, 0.2) is 35.4 Å². The molecule has 0 fully saturated rings. The van der Waals surface area contributed by atoms with Gasteiger partial charge in [-0.25, -0.2) is 0 Å². The van der Waals surface area contributed by atoms with Crippen LogP contribution >= 0.6 is 0 Å². The Balaban J connectivity index is 1.94. The largest absolute Gasteiger partial charge is 0.366 e. The van der Waals surface area contributed by atoms with Crippen LogP contribution in [0.2, 0.25) is 0 Å². The van der Waals surface area contributed by atoms with E-state index in [1.165, 1.54) is 18.5 Å². The topological polar surface area (TPSA) is 62.0 Å². The van der Waals surface area contributed by atoms with Crippen LogP contribution in [0, 0.1) is 5.92 Å². The lowest BCUT2D eigenvalue weighted by Gasteiger charge is -2.07. The van der Waals surface area contributed by atoms with Crippen LogP contribution in [0.1, 0.15) is 19.3 Å². The Kier molecular flexibility index (Phi) is 3.19. The Hall–Kier alpha value is -1.84. The van der Waals surface area contributed by atoms with E-state index in [2.05, 4.69) is 22.5 Å². The van der Waals surface area contributed by atoms with Crippen molar-refractivity contribution >= 4 is 11.6 Å². The average Bonchev–Trinajstić information content (AvgIpc) is 2.74. The zero-order valence-corrected chi connectivity index (χ0v) is 8.90. The van der Waals surface area contributed by atoms with Gasteiger partial charge < -0.3 is 10.3 Å². The van der Waals surface area contributed by atoms with Crippen molar-refractivity contribution < 1.29 is 4.79 Å². The number of aromatic nitrogens is 1. The summed E-state index contributed by atoms with van der Waals surface area (Å²) < 4.78 is 0. The molecule has 4 nitrogen and oxygen atoms in total. The van der Waals surface area contributed by atoms with E-state index in [1.807, 2.05) is 0 Å². The summed E-state index contributed by atoms with van der Waals surface area (Å²) in [5.74, 6) is 0.219. The lowest BCUT2D eigenvalue weighted by Crippen LogP contribution is -2.19. The highest BCUT2D eigenvalue weighted by atomic mass is 16.2. The summed E-state index contributed by atoms with van der Waals surface area (Å²) in [5, 5.41) is 2.62. The molecule has 1 atom stereocenters. The SMILES string of the molecule is O=C(CC1C=CCC1)Nc1c[nH]ccc1=O. The normalized spacial score (nSPS) is 18.6. The number of carbonyl (C=O) groups is 1.